The first-order chi connectivity index (χ1) is 7.11. The van der Waals surface area contributed by atoms with Crippen LogP contribution in [-0.2, 0) is 0 Å². The van der Waals surface area contributed by atoms with Gasteiger partial charge in [0.15, 0.2) is 11.6 Å². The fourth-order valence-corrected chi connectivity index (χ4v) is 1.16. The van der Waals surface area contributed by atoms with Crippen LogP contribution in [0.4, 0.5) is 8.78 Å². The highest BCUT2D eigenvalue weighted by atomic mass is 19.2. The van der Waals surface area contributed by atoms with Crippen molar-refractivity contribution < 1.29 is 13.5 Å². The molecule has 1 nitrogen and oxygen atoms in total. The summed E-state index contributed by atoms with van der Waals surface area (Å²) in [5.41, 5.74) is 0.445. The van der Waals surface area contributed by atoms with Crippen LogP contribution < -0.4 is 4.74 Å². The zero-order valence-corrected chi connectivity index (χ0v) is 8.52. The Morgan fingerprint density at radius 3 is 2.60 bits per heavy atom. The van der Waals surface area contributed by atoms with Crippen molar-refractivity contribution in [3.8, 4) is 5.75 Å². The second-order valence-electron chi connectivity index (χ2n) is 2.90. The minimum Gasteiger partial charge on any atom is -0.491 e. The van der Waals surface area contributed by atoms with Gasteiger partial charge in [0.2, 0.25) is 5.82 Å². The minimum absolute atomic E-state index is 0.0874. The van der Waals surface area contributed by atoms with E-state index in [1.807, 2.05) is 0 Å². The van der Waals surface area contributed by atoms with Crippen LogP contribution in [0.15, 0.2) is 31.4 Å². The predicted octanol–water partition coefficient (Wildman–Crippen LogP) is 3.56. The van der Waals surface area contributed by atoms with Crippen molar-refractivity contribution in [2.45, 2.75) is 6.92 Å². The first-order valence-electron chi connectivity index (χ1n) is 4.54. The molecule has 0 amide bonds. The highest BCUT2D eigenvalue weighted by molar-refractivity contribution is 5.72. The van der Waals surface area contributed by atoms with Crippen molar-refractivity contribution in [3.05, 3.63) is 48.6 Å². The minimum atomic E-state index is -0.989. The van der Waals surface area contributed by atoms with E-state index in [0.717, 1.165) is 0 Å². The van der Waals surface area contributed by atoms with Gasteiger partial charge in [0, 0.05) is 5.56 Å². The van der Waals surface area contributed by atoms with Crippen LogP contribution >= 0.6 is 0 Å². The molecule has 0 fully saturated rings. The average Bonchev–Trinajstić information content (AvgIpc) is 2.24. The molecule has 0 saturated heterocycles. The van der Waals surface area contributed by atoms with Crippen LogP contribution in [0, 0.1) is 11.6 Å². The van der Waals surface area contributed by atoms with Crippen LogP contribution in [0.25, 0.3) is 5.57 Å². The summed E-state index contributed by atoms with van der Waals surface area (Å²) in [6, 6.07) is 2.80. The van der Waals surface area contributed by atoms with Gasteiger partial charge in [-0.05, 0) is 24.6 Å². The van der Waals surface area contributed by atoms with E-state index in [9.17, 15) is 8.78 Å². The second-order valence-corrected chi connectivity index (χ2v) is 2.90. The highest BCUT2D eigenvalue weighted by Gasteiger charge is 2.14. The number of hydrogen-bond donors (Lipinski definition) is 0. The molecule has 15 heavy (non-hydrogen) atoms. The smallest absolute Gasteiger partial charge is 0.201 e. The summed E-state index contributed by atoms with van der Waals surface area (Å²) < 4.78 is 31.7. The average molecular weight is 210 g/mol. The van der Waals surface area contributed by atoms with Gasteiger partial charge in [-0.2, -0.15) is 4.39 Å². The summed E-state index contributed by atoms with van der Waals surface area (Å²) in [7, 11) is 0. The zero-order valence-electron chi connectivity index (χ0n) is 8.52. The monoisotopic (exact) mass is 210 g/mol. The van der Waals surface area contributed by atoms with Gasteiger partial charge in [-0.25, -0.2) is 4.39 Å². The fraction of sp³-hybridized carbons (Fsp3) is 0.167. The van der Waals surface area contributed by atoms with E-state index in [2.05, 4.69) is 13.2 Å². The molecule has 0 aliphatic carbocycles. The molecule has 3 heteroatoms. The Kier molecular flexibility index (Phi) is 3.61. The van der Waals surface area contributed by atoms with Gasteiger partial charge in [-0.1, -0.05) is 19.2 Å². The van der Waals surface area contributed by atoms with E-state index >= 15 is 0 Å². The fourth-order valence-electron chi connectivity index (χ4n) is 1.16. The highest BCUT2D eigenvalue weighted by Crippen LogP contribution is 2.26. The van der Waals surface area contributed by atoms with Crippen LogP contribution in [0.5, 0.6) is 5.75 Å². The third-order valence-electron chi connectivity index (χ3n) is 1.94. The van der Waals surface area contributed by atoms with E-state index in [1.54, 1.807) is 6.92 Å². The Labute approximate surface area is 87.7 Å². The molecule has 0 N–H and O–H groups in total. The van der Waals surface area contributed by atoms with Gasteiger partial charge in [0.05, 0.1) is 6.61 Å². The Morgan fingerprint density at radius 2 is 2.07 bits per heavy atom. The molecule has 0 bridgehead atoms. The molecule has 0 unspecified atom stereocenters. The molecule has 0 aliphatic rings. The molecule has 0 atom stereocenters. The normalized spacial score (nSPS) is 9.80. The molecular weight excluding hydrogens is 198 g/mol. The van der Waals surface area contributed by atoms with Crippen molar-refractivity contribution in [2.75, 3.05) is 6.61 Å². The molecule has 1 aromatic carbocycles. The largest absolute Gasteiger partial charge is 0.491 e. The molecular formula is C12H12F2O. The van der Waals surface area contributed by atoms with Crippen LogP contribution in [-0.4, -0.2) is 6.61 Å². The Balaban J connectivity index is 3.20. The second kappa shape index (κ2) is 4.73. The maximum atomic E-state index is 13.5. The van der Waals surface area contributed by atoms with E-state index in [0.29, 0.717) is 5.57 Å². The molecule has 1 aromatic rings. The quantitative estimate of drug-likeness (QED) is 0.690. The molecule has 0 spiro atoms. The number of benzene rings is 1. The van der Waals surface area contributed by atoms with Crippen molar-refractivity contribution in [1.29, 1.82) is 0 Å². The van der Waals surface area contributed by atoms with E-state index in [-0.39, 0.29) is 17.9 Å². The standard InChI is InChI=1S/C12H12F2O/c1-4-8(3)9-6-7-10(15-5-2)12(14)11(9)13/h4,6-7H,1,3,5H2,2H3. The van der Waals surface area contributed by atoms with Gasteiger partial charge >= 0.3 is 0 Å². The summed E-state index contributed by atoms with van der Waals surface area (Å²) in [6.45, 7) is 8.99. The van der Waals surface area contributed by atoms with E-state index < -0.39 is 11.6 Å². The number of allylic oxidation sites excluding steroid dienone is 2. The van der Waals surface area contributed by atoms with Gasteiger partial charge in [-0.3, -0.25) is 0 Å². The molecule has 0 aliphatic heterocycles. The van der Waals surface area contributed by atoms with Crippen molar-refractivity contribution >= 4 is 5.57 Å². The zero-order chi connectivity index (χ0) is 11.4. The van der Waals surface area contributed by atoms with Gasteiger partial charge in [0.25, 0.3) is 0 Å². The first kappa shape index (κ1) is 11.4. The third-order valence-corrected chi connectivity index (χ3v) is 1.94. The lowest BCUT2D eigenvalue weighted by molar-refractivity contribution is 0.314. The van der Waals surface area contributed by atoms with Gasteiger partial charge in [-0.15, -0.1) is 0 Å². The maximum Gasteiger partial charge on any atom is 0.201 e. The lowest BCUT2D eigenvalue weighted by Gasteiger charge is -2.08. The summed E-state index contributed by atoms with van der Waals surface area (Å²) in [4.78, 5) is 0. The van der Waals surface area contributed by atoms with E-state index in [4.69, 9.17) is 4.74 Å². The number of rotatable bonds is 4. The molecule has 0 radical (unpaired) electrons. The molecule has 0 aromatic heterocycles. The van der Waals surface area contributed by atoms with Crippen LogP contribution in [0.2, 0.25) is 0 Å². The molecule has 0 heterocycles. The number of hydrogen-bond acceptors (Lipinski definition) is 1. The summed E-state index contributed by atoms with van der Waals surface area (Å²) >= 11 is 0. The first-order valence-corrected chi connectivity index (χ1v) is 4.54. The number of ether oxygens (including phenoxy) is 1. The van der Waals surface area contributed by atoms with Gasteiger partial charge < -0.3 is 4.74 Å². The summed E-state index contributed by atoms with van der Waals surface area (Å²) in [5.74, 6) is -2.03. The van der Waals surface area contributed by atoms with Gasteiger partial charge in [0.1, 0.15) is 0 Å². The lowest BCUT2D eigenvalue weighted by atomic mass is 10.1. The Bertz CT molecular complexity index is 397. The predicted molar refractivity (Wildman–Crippen MR) is 56.8 cm³/mol. The summed E-state index contributed by atoms with van der Waals surface area (Å²) in [6.07, 6.45) is 1.37. The van der Waals surface area contributed by atoms with Crippen molar-refractivity contribution in [2.24, 2.45) is 0 Å². The van der Waals surface area contributed by atoms with E-state index in [1.165, 1.54) is 18.2 Å². The Morgan fingerprint density at radius 1 is 1.40 bits per heavy atom. The third kappa shape index (κ3) is 2.24. The van der Waals surface area contributed by atoms with Crippen molar-refractivity contribution in [1.82, 2.24) is 0 Å². The van der Waals surface area contributed by atoms with Crippen LogP contribution in [0.1, 0.15) is 12.5 Å². The lowest BCUT2D eigenvalue weighted by Crippen LogP contribution is -1.99. The number of halogens is 2. The van der Waals surface area contributed by atoms with Crippen molar-refractivity contribution in [3.63, 3.8) is 0 Å². The Hall–Kier alpha value is -1.64. The summed E-state index contributed by atoms with van der Waals surface area (Å²) in [5, 5.41) is 0. The maximum absolute atomic E-state index is 13.5. The topological polar surface area (TPSA) is 9.23 Å². The molecule has 80 valence electrons. The molecule has 1 rings (SSSR count). The molecule has 0 saturated carbocycles. The van der Waals surface area contributed by atoms with Crippen LogP contribution in [0.3, 0.4) is 0 Å². The SMILES string of the molecule is C=CC(=C)c1ccc(OCC)c(F)c1F.